The molecule has 1 amide bonds. The van der Waals surface area contributed by atoms with Crippen LogP contribution in [-0.4, -0.2) is 44.2 Å². The lowest BCUT2D eigenvalue weighted by Crippen LogP contribution is -2.33. The van der Waals surface area contributed by atoms with Crippen molar-refractivity contribution in [3.05, 3.63) is 18.2 Å². The Kier molecular flexibility index (Phi) is 5.83. The van der Waals surface area contributed by atoms with Gasteiger partial charge in [-0.05, 0) is 25.2 Å². The zero-order valence-electron chi connectivity index (χ0n) is 11.8. The van der Waals surface area contributed by atoms with Crippen LogP contribution in [0.5, 0.6) is 5.75 Å². The SMILES string of the molecule is COc1ccc(N)cc1NC(=O)CCN(C)CC(F)(F)F. The number of amides is 1. The zero-order valence-corrected chi connectivity index (χ0v) is 11.8. The summed E-state index contributed by atoms with van der Waals surface area (Å²) in [5.41, 5.74) is 6.44. The first kappa shape index (κ1) is 17.1. The van der Waals surface area contributed by atoms with Crippen LogP contribution in [0, 0.1) is 0 Å². The van der Waals surface area contributed by atoms with Crippen LogP contribution in [0.4, 0.5) is 24.5 Å². The lowest BCUT2D eigenvalue weighted by atomic mass is 10.2. The van der Waals surface area contributed by atoms with Gasteiger partial charge in [0.15, 0.2) is 0 Å². The van der Waals surface area contributed by atoms with Crippen LogP contribution in [0.25, 0.3) is 0 Å². The van der Waals surface area contributed by atoms with Gasteiger partial charge in [-0.15, -0.1) is 0 Å². The fraction of sp³-hybridized carbons (Fsp3) is 0.462. The van der Waals surface area contributed by atoms with Gasteiger partial charge in [0.05, 0.1) is 19.3 Å². The second-order valence-corrected chi connectivity index (χ2v) is 4.61. The second kappa shape index (κ2) is 7.16. The molecule has 0 aromatic heterocycles. The summed E-state index contributed by atoms with van der Waals surface area (Å²) in [5.74, 6) is 0.0223. The zero-order chi connectivity index (χ0) is 16.0. The van der Waals surface area contributed by atoms with Gasteiger partial charge >= 0.3 is 6.18 Å². The molecule has 0 aliphatic heterocycles. The van der Waals surface area contributed by atoms with E-state index in [9.17, 15) is 18.0 Å². The number of nitrogens with two attached hydrogens (primary N) is 1. The van der Waals surface area contributed by atoms with Gasteiger partial charge in [-0.3, -0.25) is 9.69 Å². The Hall–Kier alpha value is -1.96. The van der Waals surface area contributed by atoms with Crippen molar-refractivity contribution in [1.82, 2.24) is 4.90 Å². The summed E-state index contributed by atoms with van der Waals surface area (Å²) >= 11 is 0. The minimum absolute atomic E-state index is 0.00399. The number of benzene rings is 1. The predicted octanol–water partition coefficient (Wildman–Crippen LogP) is 2.10. The molecule has 0 aliphatic rings. The number of halogens is 3. The average Bonchev–Trinajstić information content (AvgIpc) is 2.35. The van der Waals surface area contributed by atoms with Crippen LogP contribution >= 0.6 is 0 Å². The van der Waals surface area contributed by atoms with Gasteiger partial charge in [-0.2, -0.15) is 13.2 Å². The summed E-state index contributed by atoms with van der Waals surface area (Å²) in [5, 5.41) is 2.57. The summed E-state index contributed by atoms with van der Waals surface area (Å²) in [7, 11) is 2.75. The standard InChI is InChI=1S/C13H18F3N3O2/c1-19(8-13(14,15)16)6-5-12(20)18-10-7-9(17)3-4-11(10)21-2/h3-4,7H,5-6,8,17H2,1-2H3,(H,18,20). The lowest BCUT2D eigenvalue weighted by molar-refractivity contribution is -0.144. The lowest BCUT2D eigenvalue weighted by Gasteiger charge is -2.18. The highest BCUT2D eigenvalue weighted by Crippen LogP contribution is 2.26. The monoisotopic (exact) mass is 305 g/mol. The highest BCUT2D eigenvalue weighted by atomic mass is 19.4. The van der Waals surface area contributed by atoms with E-state index in [0.29, 0.717) is 17.1 Å². The number of hydrogen-bond donors (Lipinski definition) is 2. The maximum atomic E-state index is 12.1. The van der Waals surface area contributed by atoms with Crippen LogP contribution in [0.2, 0.25) is 0 Å². The number of rotatable bonds is 6. The molecule has 1 rings (SSSR count). The normalized spacial score (nSPS) is 11.5. The van der Waals surface area contributed by atoms with Gasteiger partial charge in [0.2, 0.25) is 5.91 Å². The molecule has 118 valence electrons. The molecule has 0 aliphatic carbocycles. The topological polar surface area (TPSA) is 67.6 Å². The van der Waals surface area contributed by atoms with Crippen molar-refractivity contribution in [2.24, 2.45) is 0 Å². The molecule has 0 saturated carbocycles. The van der Waals surface area contributed by atoms with E-state index in [1.54, 1.807) is 12.1 Å². The molecular weight excluding hydrogens is 287 g/mol. The van der Waals surface area contributed by atoms with E-state index >= 15 is 0 Å². The Labute approximate surface area is 120 Å². The minimum Gasteiger partial charge on any atom is -0.495 e. The number of ether oxygens (including phenoxy) is 1. The highest BCUT2D eigenvalue weighted by molar-refractivity contribution is 5.93. The molecular formula is C13H18F3N3O2. The van der Waals surface area contributed by atoms with Gasteiger partial charge in [-0.25, -0.2) is 0 Å². The molecule has 1 aromatic carbocycles. The minimum atomic E-state index is -4.28. The second-order valence-electron chi connectivity index (χ2n) is 4.61. The maximum Gasteiger partial charge on any atom is 0.401 e. The molecule has 0 saturated heterocycles. The van der Waals surface area contributed by atoms with E-state index in [0.717, 1.165) is 4.90 Å². The Morgan fingerprint density at radius 3 is 2.67 bits per heavy atom. The molecule has 0 spiro atoms. The summed E-state index contributed by atoms with van der Waals surface area (Å²) in [6.45, 7) is -1.06. The van der Waals surface area contributed by atoms with Crippen molar-refractivity contribution in [2.75, 3.05) is 38.3 Å². The summed E-state index contributed by atoms with van der Waals surface area (Å²) in [4.78, 5) is 12.8. The molecule has 1 aromatic rings. The number of carbonyl (C=O) groups excluding carboxylic acids is 1. The van der Waals surface area contributed by atoms with Crippen LogP contribution in [-0.2, 0) is 4.79 Å². The van der Waals surface area contributed by atoms with Crippen LogP contribution in [0.1, 0.15) is 6.42 Å². The fourth-order valence-corrected chi connectivity index (χ4v) is 1.71. The van der Waals surface area contributed by atoms with E-state index in [4.69, 9.17) is 10.5 Å². The fourth-order valence-electron chi connectivity index (χ4n) is 1.71. The van der Waals surface area contributed by atoms with Crippen LogP contribution in [0.3, 0.4) is 0 Å². The van der Waals surface area contributed by atoms with Crippen LogP contribution < -0.4 is 15.8 Å². The first-order chi connectivity index (χ1) is 9.71. The Bertz CT molecular complexity index is 492. The van der Waals surface area contributed by atoms with Crippen molar-refractivity contribution in [2.45, 2.75) is 12.6 Å². The molecule has 0 atom stereocenters. The molecule has 0 bridgehead atoms. The number of carbonyl (C=O) groups is 1. The van der Waals surface area contributed by atoms with Gasteiger partial charge in [0.1, 0.15) is 5.75 Å². The average molecular weight is 305 g/mol. The Balaban J connectivity index is 2.53. The number of anilines is 2. The highest BCUT2D eigenvalue weighted by Gasteiger charge is 2.29. The first-order valence-corrected chi connectivity index (χ1v) is 6.20. The van der Waals surface area contributed by atoms with E-state index in [1.807, 2.05) is 0 Å². The number of methoxy groups -OCH3 is 1. The third kappa shape index (κ3) is 6.35. The number of hydrogen-bond acceptors (Lipinski definition) is 4. The molecule has 3 N–H and O–H groups in total. The van der Waals surface area contributed by atoms with Crippen molar-refractivity contribution >= 4 is 17.3 Å². The smallest absolute Gasteiger partial charge is 0.401 e. The van der Waals surface area contributed by atoms with Crippen molar-refractivity contribution in [3.63, 3.8) is 0 Å². The molecule has 5 nitrogen and oxygen atoms in total. The summed E-state index contributed by atoms with van der Waals surface area (Å²) in [6.07, 6.45) is -4.34. The summed E-state index contributed by atoms with van der Waals surface area (Å²) in [6, 6.07) is 4.74. The third-order valence-corrected chi connectivity index (χ3v) is 2.67. The largest absolute Gasteiger partial charge is 0.495 e. The van der Waals surface area contributed by atoms with Gasteiger partial charge in [0, 0.05) is 18.7 Å². The number of nitrogens with zero attached hydrogens (tertiary/aromatic N) is 1. The molecule has 0 unspecified atom stereocenters. The van der Waals surface area contributed by atoms with Crippen LogP contribution in [0.15, 0.2) is 18.2 Å². The Morgan fingerprint density at radius 2 is 2.10 bits per heavy atom. The third-order valence-electron chi connectivity index (χ3n) is 2.67. The molecule has 21 heavy (non-hydrogen) atoms. The van der Waals surface area contributed by atoms with Crippen molar-refractivity contribution in [3.8, 4) is 5.75 Å². The summed E-state index contributed by atoms with van der Waals surface area (Å²) < 4.78 is 41.5. The Morgan fingerprint density at radius 1 is 1.43 bits per heavy atom. The van der Waals surface area contributed by atoms with Crippen molar-refractivity contribution < 1.29 is 22.7 Å². The van der Waals surface area contributed by atoms with E-state index in [-0.39, 0.29) is 13.0 Å². The van der Waals surface area contributed by atoms with Gasteiger partial charge in [-0.1, -0.05) is 0 Å². The van der Waals surface area contributed by atoms with Crippen molar-refractivity contribution in [1.29, 1.82) is 0 Å². The van der Waals surface area contributed by atoms with E-state index in [1.165, 1.54) is 20.2 Å². The maximum absolute atomic E-state index is 12.1. The van der Waals surface area contributed by atoms with E-state index in [2.05, 4.69) is 5.32 Å². The number of nitrogen functional groups attached to an aromatic ring is 1. The van der Waals surface area contributed by atoms with Gasteiger partial charge < -0.3 is 15.8 Å². The van der Waals surface area contributed by atoms with E-state index < -0.39 is 18.6 Å². The van der Waals surface area contributed by atoms with Gasteiger partial charge in [0.25, 0.3) is 0 Å². The molecule has 0 heterocycles. The first-order valence-electron chi connectivity index (χ1n) is 6.20. The molecule has 8 heteroatoms. The number of alkyl halides is 3. The number of nitrogens with one attached hydrogen (secondary N) is 1. The predicted molar refractivity (Wildman–Crippen MR) is 74.2 cm³/mol. The molecule has 0 radical (unpaired) electrons. The molecule has 0 fully saturated rings. The quantitative estimate of drug-likeness (QED) is 0.790.